The van der Waals surface area contributed by atoms with Crippen LogP contribution in [0.1, 0.15) is 26.3 Å². The van der Waals surface area contributed by atoms with Crippen LogP contribution >= 0.6 is 0 Å². The monoisotopic (exact) mass is 337 g/mol. The topological polar surface area (TPSA) is 43.9 Å². The number of amides is 2. The minimum Gasteiger partial charge on any atom is -0.342 e. The summed E-state index contributed by atoms with van der Waals surface area (Å²) in [5.74, 6) is -0.410. The molecule has 1 aromatic rings. The Morgan fingerprint density at radius 3 is 2.33 bits per heavy atom. The molecule has 2 amide bonds. The second kappa shape index (κ2) is 9.37. The van der Waals surface area contributed by atoms with Crippen LogP contribution in [0.3, 0.4) is 0 Å². The third kappa shape index (κ3) is 5.60. The minimum atomic E-state index is -0.428. The molecule has 0 radical (unpaired) electrons. The van der Waals surface area contributed by atoms with Gasteiger partial charge >= 0.3 is 0 Å². The van der Waals surface area contributed by atoms with Gasteiger partial charge in [-0.05, 0) is 45.5 Å². The number of carbonyl (C=O) groups is 2. The molecule has 5 nitrogen and oxygen atoms in total. The van der Waals surface area contributed by atoms with Crippen molar-refractivity contribution in [2.24, 2.45) is 0 Å². The Morgan fingerprint density at radius 2 is 1.79 bits per heavy atom. The van der Waals surface area contributed by atoms with Crippen molar-refractivity contribution in [1.29, 1.82) is 0 Å². The lowest BCUT2D eigenvalue weighted by Gasteiger charge is -2.29. The second-order valence-electron chi connectivity index (χ2n) is 5.98. The number of halogens is 1. The Labute approximate surface area is 144 Å². The zero-order valence-electron chi connectivity index (χ0n) is 15.3. The molecule has 24 heavy (non-hydrogen) atoms. The van der Waals surface area contributed by atoms with Gasteiger partial charge < -0.3 is 9.80 Å². The van der Waals surface area contributed by atoms with E-state index in [1.807, 2.05) is 13.8 Å². The fourth-order valence-electron chi connectivity index (χ4n) is 2.52. The maximum Gasteiger partial charge on any atom is 0.239 e. The molecule has 0 saturated heterocycles. The van der Waals surface area contributed by atoms with E-state index in [-0.39, 0.29) is 24.2 Å². The first-order valence-electron chi connectivity index (χ1n) is 8.27. The van der Waals surface area contributed by atoms with Gasteiger partial charge in [0.1, 0.15) is 5.82 Å². The van der Waals surface area contributed by atoms with Gasteiger partial charge in [-0.2, -0.15) is 0 Å². The van der Waals surface area contributed by atoms with Crippen LogP contribution in [0.2, 0.25) is 0 Å². The normalized spacial score (nSPS) is 12.1. The van der Waals surface area contributed by atoms with Gasteiger partial charge in [0, 0.05) is 26.7 Å². The smallest absolute Gasteiger partial charge is 0.239 e. The fourth-order valence-corrected chi connectivity index (χ4v) is 2.52. The van der Waals surface area contributed by atoms with Crippen LogP contribution in [0.15, 0.2) is 24.3 Å². The van der Waals surface area contributed by atoms with E-state index in [1.54, 1.807) is 47.9 Å². The van der Waals surface area contributed by atoms with Crippen molar-refractivity contribution < 1.29 is 14.0 Å². The number of carbonyl (C=O) groups excluding carboxylic acids is 2. The van der Waals surface area contributed by atoms with Gasteiger partial charge in [-0.25, -0.2) is 4.39 Å². The molecule has 0 aliphatic rings. The summed E-state index contributed by atoms with van der Waals surface area (Å²) in [7, 11) is 3.45. The molecule has 1 rings (SSSR count). The molecule has 0 aliphatic carbocycles. The largest absolute Gasteiger partial charge is 0.342 e. The van der Waals surface area contributed by atoms with Gasteiger partial charge in [0.2, 0.25) is 11.8 Å². The van der Waals surface area contributed by atoms with Crippen LogP contribution in [0.5, 0.6) is 0 Å². The molecule has 0 spiro atoms. The zero-order valence-corrected chi connectivity index (χ0v) is 15.3. The summed E-state index contributed by atoms with van der Waals surface area (Å²) < 4.78 is 13.2. The summed E-state index contributed by atoms with van der Waals surface area (Å²) in [5.41, 5.74) is 0.736. The first-order chi connectivity index (χ1) is 11.3. The summed E-state index contributed by atoms with van der Waals surface area (Å²) in [6, 6.07) is 5.78. The Kier molecular flexibility index (Phi) is 7.85. The molecule has 0 heterocycles. The molecule has 0 aliphatic heterocycles. The van der Waals surface area contributed by atoms with Crippen LogP contribution in [0, 0.1) is 5.82 Å². The lowest BCUT2D eigenvalue weighted by molar-refractivity contribution is -0.137. The number of hydrogen-bond acceptors (Lipinski definition) is 3. The first kappa shape index (κ1) is 20.1. The van der Waals surface area contributed by atoms with Crippen LogP contribution < -0.4 is 0 Å². The predicted octanol–water partition coefficient (Wildman–Crippen LogP) is 1.97. The highest BCUT2D eigenvalue weighted by Gasteiger charge is 2.24. The summed E-state index contributed by atoms with van der Waals surface area (Å²) in [4.78, 5) is 29.7. The Balaban J connectivity index is 2.63. The molecular formula is C18H28FN3O2. The van der Waals surface area contributed by atoms with Crippen LogP contribution in [-0.2, 0) is 16.1 Å². The average molecular weight is 337 g/mol. The summed E-state index contributed by atoms with van der Waals surface area (Å²) in [6.45, 7) is 7.49. The van der Waals surface area contributed by atoms with Crippen molar-refractivity contribution >= 4 is 11.8 Å². The van der Waals surface area contributed by atoms with Crippen molar-refractivity contribution in [3.63, 3.8) is 0 Å². The van der Waals surface area contributed by atoms with E-state index in [1.165, 1.54) is 12.1 Å². The van der Waals surface area contributed by atoms with Crippen LogP contribution in [-0.4, -0.2) is 66.3 Å². The van der Waals surface area contributed by atoms with Crippen molar-refractivity contribution in [2.45, 2.75) is 33.4 Å². The van der Waals surface area contributed by atoms with Crippen molar-refractivity contribution in [3.05, 3.63) is 35.6 Å². The van der Waals surface area contributed by atoms with E-state index in [2.05, 4.69) is 0 Å². The molecule has 0 fully saturated rings. The lowest BCUT2D eigenvalue weighted by Crippen LogP contribution is -2.48. The van der Waals surface area contributed by atoms with E-state index in [0.717, 1.165) is 5.56 Å². The van der Waals surface area contributed by atoms with Crippen LogP contribution in [0.4, 0.5) is 4.39 Å². The molecule has 6 heteroatoms. The Hall–Kier alpha value is -1.95. The van der Waals surface area contributed by atoms with Gasteiger partial charge in [-0.3, -0.25) is 14.5 Å². The van der Waals surface area contributed by atoms with Gasteiger partial charge in [0.15, 0.2) is 0 Å². The summed E-state index contributed by atoms with van der Waals surface area (Å²) in [6.07, 6.45) is 0. The Bertz CT molecular complexity index is 561. The SMILES string of the molecule is CCN(CC)C(=O)CN(C)C(C)C(=O)N(C)Cc1cccc(F)c1. The van der Waals surface area contributed by atoms with E-state index in [9.17, 15) is 14.0 Å². The number of nitrogens with zero attached hydrogens (tertiary/aromatic N) is 3. The Morgan fingerprint density at radius 1 is 1.17 bits per heavy atom. The molecule has 1 atom stereocenters. The predicted molar refractivity (Wildman–Crippen MR) is 92.9 cm³/mol. The van der Waals surface area contributed by atoms with E-state index in [4.69, 9.17) is 0 Å². The van der Waals surface area contributed by atoms with Crippen molar-refractivity contribution in [3.8, 4) is 0 Å². The van der Waals surface area contributed by atoms with Gasteiger partial charge in [0.25, 0.3) is 0 Å². The average Bonchev–Trinajstić information content (AvgIpc) is 2.54. The zero-order chi connectivity index (χ0) is 18.3. The fraction of sp³-hybridized carbons (Fsp3) is 0.556. The maximum atomic E-state index is 13.2. The van der Waals surface area contributed by atoms with Gasteiger partial charge in [-0.1, -0.05) is 12.1 Å². The molecule has 1 aromatic carbocycles. The highest BCUT2D eigenvalue weighted by Crippen LogP contribution is 2.09. The molecule has 0 N–H and O–H groups in total. The number of benzene rings is 1. The third-order valence-electron chi connectivity index (χ3n) is 4.20. The number of hydrogen-bond donors (Lipinski definition) is 0. The maximum absolute atomic E-state index is 13.2. The van der Waals surface area contributed by atoms with E-state index >= 15 is 0 Å². The summed E-state index contributed by atoms with van der Waals surface area (Å²) >= 11 is 0. The lowest BCUT2D eigenvalue weighted by atomic mass is 10.2. The highest BCUT2D eigenvalue weighted by atomic mass is 19.1. The standard InChI is InChI=1S/C18H28FN3O2/c1-6-22(7-2)17(23)13-20(4)14(3)18(24)21(5)12-15-9-8-10-16(19)11-15/h8-11,14H,6-7,12-13H2,1-5H3. The molecule has 134 valence electrons. The molecule has 1 unspecified atom stereocenters. The van der Waals surface area contributed by atoms with Gasteiger partial charge in [0.05, 0.1) is 12.6 Å². The molecule has 0 bridgehead atoms. The quantitative estimate of drug-likeness (QED) is 0.728. The first-order valence-corrected chi connectivity index (χ1v) is 8.27. The highest BCUT2D eigenvalue weighted by molar-refractivity contribution is 5.83. The van der Waals surface area contributed by atoms with Crippen LogP contribution in [0.25, 0.3) is 0 Å². The number of likely N-dealkylation sites (N-methyl/N-ethyl adjacent to an activating group) is 3. The van der Waals surface area contributed by atoms with Crippen molar-refractivity contribution in [2.75, 3.05) is 33.7 Å². The number of rotatable bonds is 8. The second-order valence-corrected chi connectivity index (χ2v) is 5.98. The summed E-state index contributed by atoms with van der Waals surface area (Å²) in [5, 5.41) is 0. The molecular weight excluding hydrogens is 309 g/mol. The van der Waals surface area contributed by atoms with E-state index in [0.29, 0.717) is 19.6 Å². The van der Waals surface area contributed by atoms with Crippen molar-refractivity contribution in [1.82, 2.24) is 14.7 Å². The van der Waals surface area contributed by atoms with E-state index < -0.39 is 6.04 Å². The molecule has 0 aromatic heterocycles. The third-order valence-corrected chi connectivity index (χ3v) is 4.20. The minimum absolute atomic E-state index is 0.00920. The molecule has 0 saturated carbocycles. The van der Waals surface area contributed by atoms with Gasteiger partial charge in [-0.15, -0.1) is 0 Å².